The number of aryl methyl sites for hydroxylation is 1. The van der Waals surface area contributed by atoms with Crippen molar-refractivity contribution in [2.75, 3.05) is 20.1 Å². The summed E-state index contributed by atoms with van der Waals surface area (Å²) in [6, 6.07) is 4.09. The van der Waals surface area contributed by atoms with Crippen molar-refractivity contribution in [1.29, 1.82) is 0 Å². The molecule has 1 aromatic heterocycles. The van der Waals surface area contributed by atoms with E-state index in [0.717, 1.165) is 37.2 Å². The monoisotopic (exact) mass is 233 g/mol. The Balaban J connectivity index is 2.12. The number of likely N-dealkylation sites (tertiary alicyclic amines) is 1. The predicted octanol–water partition coefficient (Wildman–Crippen LogP) is 1.21. The van der Waals surface area contributed by atoms with Gasteiger partial charge >= 0.3 is 0 Å². The fourth-order valence-electron chi connectivity index (χ4n) is 2.28. The van der Waals surface area contributed by atoms with Crippen LogP contribution in [0.4, 0.5) is 0 Å². The van der Waals surface area contributed by atoms with Gasteiger partial charge in [0.25, 0.3) is 5.91 Å². The molecule has 2 rings (SSSR count). The lowest BCUT2D eigenvalue weighted by atomic mass is 10.0. The van der Waals surface area contributed by atoms with Crippen molar-refractivity contribution in [3.05, 3.63) is 29.6 Å². The first-order chi connectivity index (χ1) is 8.22. The number of rotatable bonds is 2. The Morgan fingerprint density at radius 3 is 3.12 bits per heavy atom. The molecule has 1 N–H and O–H groups in total. The number of hydrogen-bond acceptors (Lipinski definition) is 3. The highest BCUT2D eigenvalue weighted by atomic mass is 16.2. The molecule has 0 unspecified atom stereocenters. The summed E-state index contributed by atoms with van der Waals surface area (Å²) >= 11 is 0. The average molecular weight is 233 g/mol. The summed E-state index contributed by atoms with van der Waals surface area (Å²) in [4.78, 5) is 18.4. The summed E-state index contributed by atoms with van der Waals surface area (Å²) in [5.41, 5.74) is 1.54. The maximum absolute atomic E-state index is 12.3. The number of likely N-dealkylation sites (N-methyl/N-ethyl adjacent to an activating group) is 1. The Morgan fingerprint density at radius 2 is 2.41 bits per heavy atom. The number of nitrogens with one attached hydrogen (secondary N) is 1. The van der Waals surface area contributed by atoms with Gasteiger partial charge in [0, 0.05) is 31.0 Å². The van der Waals surface area contributed by atoms with Crippen LogP contribution in [0.15, 0.2) is 18.3 Å². The lowest BCUT2D eigenvalue weighted by molar-refractivity contribution is 0.0697. The molecule has 0 spiro atoms. The zero-order valence-corrected chi connectivity index (χ0v) is 10.4. The quantitative estimate of drug-likeness (QED) is 0.835. The number of pyridine rings is 1. The molecule has 0 saturated carbocycles. The second-order valence-electron chi connectivity index (χ2n) is 4.52. The van der Waals surface area contributed by atoms with E-state index in [2.05, 4.69) is 10.3 Å². The minimum absolute atomic E-state index is 0.107. The summed E-state index contributed by atoms with van der Waals surface area (Å²) in [6.07, 6.45) is 3.93. The van der Waals surface area contributed by atoms with Crippen LogP contribution in [0.2, 0.25) is 0 Å². The maximum Gasteiger partial charge on any atom is 0.255 e. The van der Waals surface area contributed by atoms with E-state index in [1.165, 1.54) is 0 Å². The third-order valence-electron chi connectivity index (χ3n) is 3.35. The highest BCUT2D eigenvalue weighted by Gasteiger charge is 2.24. The first kappa shape index (κ1) is 12.0. The molecule has 1 aliphatic rings. The van der Waals surface area contributed by atoms with Crippen molar-refractivity contribution >= 4 is 5.91 Å². The number of nitrogens with zero attached hydrogens (tertiary/aromatic N) is 2. The lowest BCUT2D eigenvalue weighted by Crippen LogP contribution is -2.47. The number of carbonyl (C=O) groups is 1. The van der Waals surface area contributed by atoms with Crippen molar-refractivity contribution in [1.82, 2.24) is 15.2 Å². The second-order valence-corrected chi connectivity index (χ2v) is 4.52. The van der Waals surface area contributed by atoms with Gasteiger partial charge in [0.15, 0.2) is 0 Å². The Labute approximate surface area is 102 Å². The van der Waals surface area contributed by atoms with Crippen molar-refractivity contribution in [3.63, 3.8) is 0 Å². The van der Waals surface area contributed by atoms with Gasteiger partial charge in [0.05, 0.1) is 5.56 Å². The first-order valence-electron chi connectivity index (χ1n) is 6.10. The highest BCUT2D eigenvalue weighted by Crippen LogP contribution is 2.14. The second kappa shape index (κ2) is 5.27. The molecule has 92 valence electrons. The first-order valence-corrected chi connectivity index (χ1v) is 6.10. The van der Waals surface area contributed by atoms with Crippen LogP contribution in [0.3, 0.4) is 0 Å². The molecule has 0 aromatic carbocycles. The Morgan fingerprint density at radius 1 is 1.59 bits per heavy atom. The van der Waals surface area contributed by atoms with E-state index in [0.29, 0.717) is 6.04 Å². The standard InChI is InChI=1S/C13H19N3O/c1-10-12(6-3-7-15-10)13(17)16-8-4-5-11(9-16)14-2/h3,6-7,11,14H,4-5,8-9H2,1-2H3/t11-/m1/s1. The SMILES string of the molecule is CN[C@@H]1CCCN(C(=O)c2cccnc2C)C1. The van der Waals surface area contributed by atoms with Gasteiger partial charge in [-0.05, 0) is 38.9 Å². The minimum atomic E-state index is 0.107. The zero-order valence-electron chi connectivity index (χ0n) is 10.4. The molecule has 1 fully saturated rings. The van der Waals surface area contributed by atoms with Crippen LogP contribution < -0.4 is 5.32 Å². The van der Waals surface area contributed by atoms with Crippen LogP contribution in [0.1, 0.15) is 28.9 Å². The van der Waals surface area contributed by atoms with Crippen molar-refractivity contribution in [3.8, 4) is 0 Å². The van der Waals surface area contributed by atoms with Gasteiger partial charge in [-0.1, -0.05) is 0 Å². The molecule has 1 atom stereocenters. The Kier molecular flexibility index (Phi) is 3.74. The maximum atomic E-state index is 12.3. The largest absolute Gasteiger partial charge is 0.337 e. The van der Waals surface area contributed by atoms with E-state index in [1.54, 1.807) is 6.20 Å². The van der Waals surface area contributed by atoms with E-state index in [9.17, 15) is 4.79 Å². The fourth-order valence-corrected chi connectivity index (χ4v) is 2.28. The van der Waals surface area contributed by atoms with Crippen LogP contribution in [0, 0.1) is 6.92 Å². The molecule has 2 heterocycles. The molecule has 1 aromatic rings. The molecule has 0 bridgehead atoms. The Bertz CT molecular complexity index is 405. The lowest BCUT2D eigenvalue weighted by Gasteiger charge is -2.32. The third-order valence-corrected chi connectivity index (χ3v) is 3.35. The number of carbonyl (C=O) groups excluding carboxylic acids is 1. The van der Waals surface area contributed by atoms with Gasteiger partial charge in [0.2, 0.25) is 0 Å². The molecular formula is C13H19N3O. The summed E-state index contributed by atoms with van der Waals surface area (Å²) in [7, 11) is 1.95. The van der Waals surface area contributed by atoms with Crippen LogP contribution in [0.25, 0.3) is 0 Å². The third kappa shape index (κ3) is 2.64. The summed E-state index contributed by atoms with van der Waals surface area (Å²) < 4.78 is 0. The fraction of sp³-hybridized carbons (Fsp3) is 0.538. The molecule has 4 nitrogen and oxygen atoms in total. The van der Waals surface area contributed by atoms with E-state index >= 15 is 0 Å². The van der Waals surface area contributed by atoms with Gasteiger partial charge < -0.3 is 10.2 Å². The Hall–Kier alpha value is -1.42. The summed E-state index contributed by atoms with van der Waals surface area (Å²) in [5.74, 6) is 0.107. The number of amides is 1. The predicted molar refractivity (Wildman–Crippen MR) is 67.0 cm³/mol. The normalized spacial score (nSPS) is 20.4. The molecular weight excluding hydrogens is 214 g/mol. The van der Waals surface area contributed by atoms with Gasteiger partial charge in [-0.2, -0.15) is 0 Å². The smallest absolute Gasteiger partial charge is 0.255 e. The van der Waals surface area contributed by atoms with E-state index in [4.69, 9.17) is 0 Å². The molecule has 1 amide bonds. The number of piperidine rings is 1. The topological polar surface area (TPSA) is 45.2 Å². The van der Waals surface area contributed by atoms with Gasteiger partial charge in [-0.15, -0.1) is 0 Å². The summed E-state index contributed by atoms with van der Waals surface area (Å²) in [6.45, 7) is 3.53. The molecule has 17 heavy (non-hydrogen) atoms. The van der Waals surface area contributed by atoms with Crippen molar-refractivity contribution < 1.29 is 4.79 Å². The van der Waals surface area contributed by atoms with Gasteiger partial charge in [-0.25, -0.2) is 0 Å². The van der Waals surface area contributed by atoms with Gasteiger partial charge in [0.1, 0.15) is 0 Å². The van der Waals surface area contributed by atoms with E-state index in [1.807, 2.05) is 31.0 Å². The van der Waals surface area contributed by atoms with Crippen LogP contribution in [-0.2, 0) is 0 Å². The van der Waals surface area contributed by atoms with Gasteiger partial charge in [-0.3, -0.25) is 9.78 Å². The average Bonchev–Trinajstić information content (AvgIpc) is 2.38. The van der Waals surface area contributed by atoms with Crippen molar-refractivity contribution in [2.45, 2.75) is 25.8 Å². The van der Waals surface area contributed by atoms with E-state index < -0.39 is 0 Å². The molecule has 4 heteroatoms. The highest BCUT2D eigenvalue weighted by molar-refractivity contribution is 5.95. The van der Waals surface area contributed by atoms with E-state index in [-0.39, 0.29) is 5.91 Å². The number of hydrogen-bond donors (Lipinski definition) is 1. The van der Waals surface area contributed by atoms with Crippen LogP contribution >= 0.6 is 0 Å². The molecule has 0 radical (unpaired) electrons. The van der Waals surface area contributed by atoms with Crippen LogP contribution in [0.5, 0.6) is 0 Å². The summed E-state index contributed by atoms with van der Waals surface area (Å²) in [5, 5.41) is 3.25. The zero-order chi connectivity index (χ0) is 12.3. The molecule has 1 aliphatic heterocycles. The van der Waals surface area contributed by atoms with Crippen LogP contribution in [-0.4, -0.2) is 42.0 Å². The van der Waals surface area contributed by atoms with Crippen molar-refractivity contribution in [2.24, 2.45) is 0 Å². The molecule has 1 saturated heterocycles. The molecule has 0 aliphatic carbocycles. The minimum Gasteiger partial charge on any atom is -0.337 e. The number of aromatic nitrogens is 1.